The van der Waals surface area contributed by atoms with Crippen molar-refractivity contribution in [3.05, 3.63) is 40.7 Å². The number of piperidine rings is 1. The van der Waals surface area contributed by atoms with Crippen LogP contribution in [0.15, 0.2) is 18.2 Å². The zero-order valence-electron chi connectivity index (χ0n) is 22.5. The Bertz CT molecular complexity index is 1460. The number of carbonyl (C=O) groups is 2. The lowest BCUT2D eigenvalue weighted by atomic mass is 9.93. The summed E-state index contributed by atoms with van der Waals surface area (Å²) >= 11 is 0. The standard InChI is InChI=1S/C29H34FN7O3/c30-25-20(7-6-17-15-40-16-37(14-21(17)25)23-8-9-24(38)33-29(23)39)22-12-18(13-36-10-1-2-11-36)26-27(32-22)28(35-34-26)31-19-4-3-5-19/h6-7,12,19,23H,1-5,8-11,13-16H2,(H2,31,34,35)(H,33,38,39). The molecular weight excluding hydrogens is 513 g/mol. The summed E-state index contributed by atoms with van der Waals surface area (Å²) in [7, 11) is 0. The van der Waals surface area contributed by atoms with Crippen LogP contribution in [-0.2, 0) is 34.0 Å². The van der Waals surface area contributed by atoms with Gasteiger partial charge in [-0.3, -0.25) is 29.8 Å². The molecule has 10 nitrogen and oxygen atoms in total. The van der Waals surface area contributed by atoms with Crippen LogP contribution >= 0.6 is 0 Å². The van der Waals surface area contributed by atoms with Crippen LogP contribution in [0.3, 0.4) is 0 Å². The summed E-state index contributed by atoms with van der Waals surface area (Å²) in [6.07, 6.45) is 6.44. The van der Waals surface area contributed by atoms with E-state index in [0.29, 0.717) is 29.3 Å². The number of carbonyl (C=O) groups excluding carboxylic acids is 2. The maximum Gasteiger partial charge on any atom is 0.243 e. The molecule has 1 aliphatic carbocycles. The Labute approximate surface area is 231 Å². The summed E-state index contributed by atoms with van der Waals surface area (Å²) in [5.41, 5.74) is 4.93. The van der Waals surface area contributed by atoms with Crippen molar-refractivity contribution in [2.75, 3.05) is 25.1 Å². The Hall–Kier alpha value is -3.41. The van der Waals surface area contributed by atoms with Gasteiger partial charge in [-0.15, -0.1) is 0 Å². The maximum absolute atomic E-state index is 16.4. The summed E-state index contributed by atoms with van der Waals surface area (Å²) in [4.78, 5) is 33.4. The predicted molar refractivity (Wildman–Crippen MR) is 146 cm³/mol. The molecule has 7 rings (SSSR count). The van der Waals surface area contributed by atoms with Crippen LogP contribution in [0.4, 0.5) is 10.2 Å². The predicted octanol–water partition coefficient (Wildman–Crippen LogP) is 3.42. The topological polar surface area (TPSA) is 115 Å². The number of nitrogens with one attached hydrogen (secondary N) is 3. The first-order chi connectivity index (χ1) is 19.5. The summed E-state index contributed by atoms with van der Waals surface area (Å²) in [6.45, 7) is 3.49. The molecule has 1 saturated carbocycles. The SMILES string of the molecule is O=C1CCC(N2COCc3ccc(-c4cc(CN5CCCC5)c5[nH]nc(NC6CCC6)c5n4)c(F)c3C2)C(=O)N1. The summed E-state index contributed by atoms with van der Waals surface area (Å²) in [6, 6.07) is 5.52. The highest BCUT2D eigenvalue weighted by molar-refractivity contribution is 6.00. The molecule has 4 aliphatic rings. The van der Waals surface area contributed by atoms with Crippen molar-refractivity contribution in [3.63, 3.8) is 0 Å². The smallest absolute Gasteiger partial charge is 0.243 e. The van der Waals surface area contributed by atoms with E-state index in [0.717, 1.165) is 60.5 Å². The van der Waals surface area contributed by atoms with Gasteiger partial charge in [0.2, 0.25) is 11.8 Å². The van der Waals surface area contributed by atoms with Gasteiger partial charge in [-0.05, 0) is 74.9 Å². The molecule has 11 heteroatoms. The molecule has 5 heterocycles. The van der Waals surface area contributed by atoms with Gasteiger partial charge >= 0.3 is 0 Å². The van der Waals surface area contributed by atoms with Crippen molar-refractivity contribution >= 4 is 28.7 Å². The van der Waals surface area contributed by atoms with Crippen molar-refractivity contribution in [1.82, 2.24) is 30.3 Å². The largest absolute Gasteiger partial charge is 0.364 e. The van der Waals surface area contributed by atoms with Crippen LogP contribution in [0.5, 0.6) is 0 Å². The molecule has 2 amide bonds. The number of ether oxygens (including phenoxy) is 1. The average molecular weight is 548 g/mol. The van der Waals surface area contributed by atoms with Crippen LogP contribution in [0, 0.1) is 5.82 Å². The van der Waals surface area contributed by atoms with Gasteiger partial charge in [0.05, 0.1) is 23.9 Å². The van der Waals surface area contributed by atoms with Crippen molar-refractivity contribution in [1.29, 1.82) is 0 Å². The second kappa shape index (κ2) is 10.5. The number of fused-ring (bicyclic) bond motifs is 2. The third-order valence-corrected chi connectivity index (χ3v) is 8.79. The summed E-state index contributed by atoms with van der Waals surface area (Å²) in [5.74, 6) is -0.263. The molecule has 2 aromatic heterocycles. The molecule has 3 fully saturated rings. The molecule has 3 aliphatic heterocycles. The lowest BCUT2D eigenvalue weighted by Crippen LogP contribution is -2.52. The Morgan fingerprint density at radius 3 is 2.75 bits per heavy atom. The van der Waals surface area contributed by atoms with Crippen LogP contribution in [-0.4, -0.2) is 68.7 Å². The quantitative estimate of drug-likeness (QED) is 0.402. The third kappa shape index (κ3) is 4.76. The second-order valence-electron chi connectivity index (χ2n) is 11.5. The Morgan fingerprint density at radius 1 is 1.12 bits per heavy atom. The fourth-order valence-electron chi connectivity index (χ4n) is 6.27. The zero-order chi connectivity index (χ0) is 27.2. The van der Waals surface area contributed by atoms with E-state index in [-0.39, 0.29) is 43.9 Å². The minimum absolute atomic E-state index is 0.186. The molecule has 210 valence electrons. The highest BCUT2D eigenvalue weighted by atomic mass is 19.1. The maximum atomic E-state index is 16.4. The van der Waals surface area contributed by atoms with Gasteiger partial charge in [-0.2, -0.15) is 5.10 Å². The fourth-order valence-corrected chi connectivity index (χ4v) is 6.27. The normalized spacial score (nSPS) is 22.7. The molecule has 0 spiro atoms. The van der Waals surface area contributed by atoms with E-state index in [2.05, 4.69) is 25.7 Å². The van der Waals surface area contributed by atoms with Crippen molar-refractivity contribution in [2.45, 2.75) is 76.7 Å². The van der Waals surface area contributed by atoms with Gasteiger partial charge in [0.15, 0.2) is 5.82 Å². The van der Waals surface area contributed by atoms with Crippen LogP contribution < -0.4 is 10.6 Å². The highest BCUT2D eigenvalue weighted by Crippen LogP contribution is 2.35. The molecule has 3 N–H and O–H groups in total. The fraction of sp³-hybridized carbons (Fsp3) is 0.517. The van der Waals surface area contributed by atoms with Gasteiger partial charge < -0.3 is 10.1 Å². The monoisotopic (exact) mass is 547 g/mol. The molecule has 0 radical (unpaired) electrons. The number of halogens is 1. The first-order valence-corrected chi connectivity index (χ1v) is 14.4. The first kappa shape index (κ1) is 25.6. The van der Waals surface area contributed by atoms with Gasteiger partial charge in [0, 0.05) is 36.7 Å². The molecule has 1 atom stereocenters. The zero-order valence-corrected chi connectivity index (χ0v) is 22.5. The van der Waals surface area contributed by atoms with Gasteiger partial charge in [-0.25, -0.2) is 9.37 Å². The number of benzene rings is 1. The van der Waals surface area contributed by atoms with E-state index in [1.54, 1.807) is 6.07 Å². The third-order valence-electron chi connectivity index (χ3n) is 8.79. The minimum Gasteiger partial charge on any atom is -0.364 e. The van der Waals surface area contributed by atoms with Gasteiger partial charge in [-0.1, -0.05) is 6.07 Å². The molecule has 2 saturated heterocycles. The highest BCUT2D eigenvalue weighted by Gasteiger charge is 2.34. The number of aromatic nitrogens is 3. The Balaban J connectivity index is 1.26. The number of imide groups is 1. The Morgan fingerprint density at radius 2 is 1.98 bits per heavy atom. The number of hydrogen-bond donors (Lipinski definition) is 3. The minimum atomic E-state index is -0.542. The summed E-state index contributed by atoms with van der Waals surface area (Å²) < 4.78 is 22.3. The van der Waals surface area contributed by atoms with E-state index in [1.165, 1.54) is 19.3 Å². The van der Waals surface area contributed by atoms with E-state index < -0.39 is 6.04 Å². The van der Waals surface area contributed by atoms with E-state index in [9.17, 15) is 9.59 Å². The van der Waals surface area contributed by atoms with Crippen molar-refractivity contribution in [2.24, 2.45) is 0 Å². The van der Waals surface area contributed by atoms with Crippen molar-refractivity contribution < 1.29 is 18.7 Å². The summed E-state index contributed by atoms with van der Waals surface area (Å²) in [5, 5.41) is 13.7. The number of pyridine rings is 1. The number of hydrogen-bond acceptors (Lipinski definition) is 8. The van der Waals surface area contributed by atoms with Crippen LogP contribution in [0.1, 0.15) is 61.6 Å². The Kier molecular flexibility index (Phi) is 6.73. The van der Waals surface area contributed by atoms with Gasteiger partial charge in [0.25, 0.3) is 0 Å². The number of anilines is 1. The number of rotatable bonds is 6. The van der Waals surface area contributed by atoms with Crippen molar-refractivity contribution in [3.8, 4) is 11.3 Å². The number of aromatic amines is 1. The molecule has 0 bridgehead atoms. The molecular formula is C29H34FN7O3. The van der Waals surface area contributed by atoms with E-state index in [1.807, 2.05) is 17.0 Å². The number of H-pyrrole nitrogens is 1. The molecule has 1 unspecified atom stereocenters. The molecule has 3 aromatic rings. The number of likely N-dealkylation sites (tertiary alicyclic amines) is 1. The second-order valence-corrected chi connectivity index (χ2v) is 11.5. The average Bonchev–Trinajstić information content (AvgIpc) is 3.52. The van der Waals surface area contributed by atoms with E-state index >= 15 is 4.39 Å². The number of amides is 2. The van der Waals surface area contributed by atoms with Gasteiger partial charge in [0.1, 0.15) is 18.1 Å². The first-order valence-electron chi connectivity index (χ1n) is 14.4. The number of nitrogens with zero attached hydrogens (tertiary/aromatic N) is 4. The van der Waals surface area contributed by atoms with Crippen LogP contribution in [0.2, 0.25) is 0 Å². The lowest BCUT2D eigenvalue weighted by Gasteiger charge is -2.31. The lowest BCUT2D eigenvalue weighted by molar-refractivity contribution is -0.140. The van der Waals surface area contributed by atoms with Crippen LogP contribution in [0.25, 0.3) is 22.3 Å². The van der Waals surface area contributed by atoms with E-state index in [4.69, 9.17) is 9.72 Å². The molecule has 1 aromatic carbocycles. The molecule has 40 heavy (non-hydrogen) atoms.